The van der Waals surface area contributed by atoms with Gasteiger partial charge in [-0.1, -0.05) is 68.1 Å². The first kappa shape index (κ1) is 24.7. The van der Waals surface area contributed by atoms with Gasteiger partial charge in [-0.05, 0) is 65.6 Å². The molecular weight excluding hydrogens is 428 g/mol. The van der Waals surface area contributed by atoms with Crippen LogP contribution >= 0.6 is 11.8 Å². The van der Waals surface area contributed by atoms with Crippen molar-refractivity contribution in [1.82, 2.24) is 4.90 Å². The fourth-order valence-corrected chi connectivity index (χ4v) is 4.36. The molecule has 0 saturated heterocycles. The summed E-state index contributed by atoms with van der Waals surface area (Å²) < 4.78 is 10.7. The van der Waals surface area contributed by atoms with Gasteiger partial charge >= 0.3 is 0 Å². The van der Waals surface area contributed by atoms with Gasteiger partial charge in [-0.2, -0.15) is 0 Å². The lowest BCUT2D eigenvalue weighted by atomic mass is 10.0. The van der Waals surface area contributed by atoms with E-state index in [1.165, 1.54) is 22.3 Å². The van der Waals surface area contributed by atoms with Crippen LogP contribution in [0.1, 0.15) is 36.1 Å². The summed E-state index contributed by atoms with van der Waals surface area (Å²) in [6, 6.07) is 23.0. The Morgan fingerprint density at radius 2 is 1.21 bits per heavy atom. The van der Waals surface area contributed by atoms with Crippen LogP contribution in [0.2, 0.25) is 0 Å². The van der Waals surface area contributed by atoms with Crippen LogP contribution < -0.4 is 9.47 Å². The first-order valence-corrected chi connectivity index (χ1v) is 12.6. The molecule has 0 amide bonds. The summed E-state index contributed by atoms with van der Waals surface area (Å²) in [5.41, 5.74) is 6.11. The predicted molar refractivity (Wildman–Crippen MR) is 141 cm³/mol. The van der Waals surface area contributed by atoms with Crippen LogP contribution in [0.5, 0.6) is 11.5 Å². The number of hydrogen-bond acceptors (Lipinski definition) is 4. The van der Waals surface area contributed by atoms with E-state index in [1.807, 2.05) is 24.3 Å². The van der Waals surface area contributed by atoms with Gasteiger partial charge < -0.3 is 14.4 Å². The first-order chi connectivity index (χ1) is 16.1. The van der Waals surface area contributed by atoms with Gasteiger partial charge in [0.25, 0.3) is 0 Å². The van der Waals surface area contributed by atoms with Crippen LogP contribution in [-0.4, -0.2) is 30.5 Å². The topological polar surface area (TPSA) is 34.1 Å². The van der Waals surface area contributed by atoms with Gasteiger partial charge in [-0.3, -0.25) is 0 Å². The molecule has 0 aliphatic heterocycles. The minimum absolute atomic E-state index is 0.755. The number of thioether (sulfide) groups is 1. The quantitative estimate of drug-likeness (QED) is 0.256. The molecule has 0 radical (unpaired) electrons. The molecule has 4 nitrogen and oxygen atoms in total. The van der Waals surface area contributed by atoms with Gasteiger partial charge in [-0.25, -0.2) is 4.99 Å². The second-order valence-corrected chi connectivity index (χ2v) is 8.56. The second-order valence-electron chi connectivity index (χ2n) is 7.78. The summed E-state index contributed by atoms with van der Waals surface area (Å²) in [6.45, 7) is 5.90. The summed E-state index contributed by atoms with van der Waals surface area (Å²) in [7, 11) is 3.39. The van der Waals surface area contributed by atoms with Crippen molar-refractivity contribution < 1.29 is 9.47 Å². The zero-order valence-corrected chi connectivity index (χ0v) is 21.1. The highest BCUT2D eigenvalue weighted by molar-refractivity contribution is 8.13. The van der Waals surface area contributed by atoms with Crippen molar-refractivity contribution in [2.24, 2.45) is 4.99 Å². The molecule has 0 atom stereocenters. The summed E-state index contributed by atoms with van der Waals surface area (Å²) in [4.78, 5) is 7.58. The number of nitrogens with zero attached hydrogens (tertiary/aromatic N) is 2. The van der Waals surface area contributed by atoms with Gasteiger partial charge in [0.1, 0.15) is 11.5 Å². The van der Waals surface area contributed by atoms with Crippen molar-refractivity contribution >= 4 is 22.6 Å². The fraction of sp³-hybridized carbons (Fsp3) is 0.321. The number of rotatable bonds is 9. The van der Waals surface area contributed by atoms with E-state index in [9.17, 15) is 0 Å². The minimum atomic E-state index is 0.755. The predicted octanol–water partition coefficient (Wildman–Crippen LogP) is 6.88. The van der Waals surface area contributed by atoms with Crippen LogP contribution in [-0.2, 0) is 25.9 Å². The van der Waals surface area contributed by atoms with E-state index in [0.717, 1.165) is 48.3 Å². The highest BCUT2D eigenvalue weighted by Gasteiger charge is 2.15. The summed E-state index contributed by atoms with van der Waals surface area (Å²) in [6.07, 6.45) is 4.03. The van der Waals surface area contributed by atoms with E-state index in [1.54, 1.807) is 26.0 Å². The Labute approximate surface area is 202 Å². The SMILES string of the molecule is CCc1cccc(CC)c1N=C(SC)N(Cc1ccc(OC)cc1)Cc1ccc(OC)cc1. The summed E-state index contributed by atoms with van der Waals surface area (Å²) in [5, 5.41) is 1.01. The molecule has 0 fully saturated rings. The molecule has 0 bridgehead atoms. The summed E-state index contributed by atoms with van der Waals surface area (Å²) >= 11 is 1.69. The maximum Gasteiger partial charge on any atom is 0.164 e. The summed E-state index contributed by atoms with van der Waals surface area (Å²) in [5.74, 6) is 1.73. The Kier molecular flexibility index (Phi) is 9.25. The van der Waals surface area contributed by atoms with Crippen LogP contribution in [0.4, 0.5) is 5.69 Å². The highest BCUT2D eigenvalue weighted by Crippen LogP contribution is 2.29. The molecule has 0 heterocycles. The molecule has 0 N–H and O–H groups in total. The number of amidine groups is 1. The average molecular weight is 463 g/mol. The minimum Gasteiger partial charge on any atom is -0.497 e. The molecule has 33 heavy (non-hydrogen) atoms. The monoisotopic (exact) mass is 462 g/mol. The van der Waals surface area contributed by atoms with E-state index in [0.29, 0.717) is 0 Å². The largest absolute Gasteiger partial charge is 0.497 e. The number of hydrogen-bond donors (Lipinski definition) is 0. The van der Waals surface area contributed by atoms with Crippen molar-refractivity contribution in [3.8, 4) is 11.5 Å². The maximum atomic E-state index is 5.34. The molecular formula is C28H34N2O2S. The molecule has 174 valence electrons. The first-order valence-electron chi connectivity index (χ1n) is 11.4. The van der Waals surface area contributed by atoms with Gasteiger partial charge in [0.15, 0.2) is 5.17 Å². The van der Waals surface area contributed by atoms with Gasteiger partial charge in [-0.15, -0.1) is 0 Å². The lowest BCUT2D eigenvalue weighted by Gasteiger charge is -2.26. The third kappa shape index (κ3) is 6.55. The van der Waals surface area contributed by atoms with Crippen molar-refractivity contribution in [2.75, 3.05) is 20.5 Å². The van der Waals surface area contributed by atoms with E-state index >= 15 is 0 Å². The number of methoxy groups -OCH3 is 2. The molecule has 5 heteroatoms. The molecule has 0 unspecified atom stereocenters. The molecule has 3 aromatic rings. The smallest absolute Gasteiger partial charge is 0.164 e. The number of aliphatic imine (C=N–C) groups is 1. The Bertz CT molecular complexity index is 975. The molecule has 0 spiro atoms. The van der Waals surface area contributed by atoms with Crippen molar-refractivity contribution in [3.05, 3.63) is 89.0 Å². The number of aryl methyl sites for hydroxylation is 2. The molecule has 3 aromatic carbocycles. The van der Waals surface area contributed by atoms with Crippen molar-refractivity contribution in [2.45, 2.75) is 39.8 Å². The van der Waals surface area contributed by atoms with Crippen molar-refractivity contribution in [1.29, 1.82) is 0 Å². The third-order valence-corrected chi connectivity index (χ3v) is 6.41. The zero-order chi connectivity index (χ0) is 23.6. The zero-order valence-electron chi connectivity index (χ0n) is 20.3. The van der Waals surface area contributed by atoms with E-state index in [4.69, 9.17) is 14.5 Å². The number of benzene rings is 3. The number of para-hydroxylation sites is 1. The number of ether oxygens (including phenoxy) is 2. The fourth-order valence-electron chi connectivity index (χ4n) is 3.79. The molecule has 0 aromatic heterocycles. The van der Waals surface area contributed by atoms with E-state index < -0.39 is 0 Å². The Balaban J connectivity index is 2.00. The standard InChI is InChI=1S/C28H34N2O2S/c1-6-23-9-8-10-24(7-2)27(23)29-28(33-5)30(19-21-11-15-25(31-3)16-12-21)20-22-13-17-26(32-4)18-14-22/h8-18H,6-7,19-20H2,1-5H3. The van der Waals surface area contributed by atoms with Crippen LogP contribution in [0.15, 0.2) is 71.7 Å². The second kappa shape index (κ2) is 12.4. The third-order valence-electron chi connectivity index (χ3n) is 5.69. The Morgan fingerprint density at radius 3 is 1.58 bits per heavy atom. The van der Waals surface area contributed by atoms with Crippen molar-refractivity contribution in [3.63, 3.8) is 0 Å². The maximum absolute atomic E-state index is 5.34. The Morgan fingerprint density at radius 1 is 0.758 bits per heavy atom. The molecule has 0 aliphatic carbocycles. The van der Waals surface area contributed by atoms with Crippen LogP contribution in [0.3, 0.4) is 0 Å². The molecule has 0 aliphatic rings. The lowest BCUT2D eigenvalue weighted by Crippen LogP contribution is -2.28. The molecule has 0 saturated carbocycles. The van der Waals surface area contributed by atoms with Gasteiger partial charge in [0.2, 0.25) is 0 Å². The van der Waals surface area contributed by atoms with Gasteiger partial charge in [0.05, 0.1) is 19.9 Å². The highest BCUT2D eigenvalue weighted by atomic mass is 32.2. The Hall–Kier alpha value is -2.92. The van der Waals surface area contributed by atoms with E-state index in [2.05, 4.69) is 67.5 Å². The average Bonchev–Trinajstić information content (AvgIpc) is 2.87. The van der Waals surface area contributed by atoms with E-state index in [-0.39, 0.29) is 0 Å². The lowest BCUT2D eigenvalue weighted by molar-refractivity contribution is 0.405. The van der Waals surface area contributed by atoms with Crippen LogP contribution in [0, 0.1) is 0 Å². The normalized spacial score (nSPS) is 11.4. The van der Waals surface area contributed by atoms with Gasteiger partial charge in [0, 0.05) is 13.1 Å². The van der Waals surface area contributed by atoms with Crippen LogP contribution in [0.25, 0.3) is 0 Å². The molecule has 3 rings (SSSR count).